The van der Waals surface area contributed by atoms with Crippen molar-refractivity contribution in [2.75, 3.05) is 6.54 Å². The average molecular weight is 313 g/mol. The highest BCUT2D eigenvalue weighted by molar-refractivity contribution is 5.66. The lowest BCUT2D eigenvalue weighted by atomic mass is 10.0. The van der Waals surface area contributed by atoms with Gasteiger partial charge in [0.2, 0.25) is 0 Å². The number of aromatic nitrogens is 2. The lowest BCUT2D eigenvalue weighted by Crippen LogP contribution is -2.37. The van der Waals surface area contributed by atoms with Crippen LogP contribution in [0, 0.1) is 0 Å². The molecular formula is C14H14F3N3O2. The molecule has 1 atom stereocenters. The molecule has 5 nitrogen and oxygen atoms in total. The number of pyridine rings is 1. The fraction of sp³-hybridized carbons (Fsp3) is 0.429. The number of amides is 1. The van der Waals surface area contributed by atoms with Gasteiger partial charge < -0.3 is 9.51 Å². The number of piperidine rings is 1. The minimum absolute atomic E-state index is 0.167. The summed E-state index contributed by atoms with van der Waals surface area (Å²) in [6.07, 6.45) is -0.277. The standard InChI is InChI=1S/C14H14F3N3O2/c15-14(16,17)9-4-6-19-8-10(18-12(19)7-9)11-3-1-2-5-20(11)13(21)22/h4,6-8,11H,1-3,5H2,(H,21,22). The molecule has 0 aromatic carbocycles. The molecule has 1 saturated heterocycles. The molecule has 2 aromatic rings. The van der Waals surface area contributed by atoms with Gasteiger partial charge in [0.15, 0.2) is 0 Å². The molecule has 8 heteroatoms. The van der Waals surface area contributed by atoms with Gasteiger partial charge in [-0.25, -0.2) is 9.78 Å². The van der Waals surface area contributed by atoms with Crippen molar-refractivity contribution in [2.45, 2.75) is 31.5 Å². The molecule has 0 bridgehead atoms. The van der Waals surface area contributed by atoms with E-state index in [-0.39, 0.29) is 5.65 Å². The number of carboxylic acid groups (broad SMARTS) is 1. The molecule has 1 aliphatic heterocycles. The Hall–Kier alpha value is -2.25. The van der Waals surface area contributed by atoms with Gasteiger partial charge in [0.1, 0.15) is 5.65 Å². The van der Waals surface area contributed by atoms with Crippen LogP contribution in [0.4, 0.5) is 18.0 Å². The molecule has 0 aliphatic carbocycles. The molecule has 1 N–H and O–H groups in total. The van der Waals surface area contributed by atoms with E-state index in [0.717, 1.165) is 25.0 Å². The van der Waals surface area contributed by atoms with E-state index in [4.69, 9.17) is 0 Å². The summed E-state index contributed by atoms with van der Waals surface area (Å²) in [7, 11) is 0. The van der Waals surface area contributed by atoms with Crippen LogP contribution in [0.15, 0.2) is 24.5 Å². The van der Waals surface area contributed by atoms with E-state index in [9.17, 15) is 23.1 Å². The van der Waals surface area contributed by atoms with Gasteiger partial charge in [-0.3, -0.25) is 4.90 Å². The first-order valence-corrected chi connectivity index (χ1v) is 6.91. The van der Waals surface area contributed by atoms with Gasteiger partial charge >= 0.3 is 12.3 Å². The van der Waals surface area contributed by atoms with Crippen LogP contribution in [0.5, 0.6) is 0 Å². The summed E-state index contributed by atoms with van der Waals surface area (Å²) in [5, 5.41) is 9.24. The Labute approximate surface area is 124 Å². The van der Waals surface area contributed by atoms with Crippen LogP contribution >= 0.6 is 0 Å². The number of imidazole rings is 1. The second kappa shape index (κ2) is 5.19. The SMILES string of the molecule is O=C(O)N1CCCCC1c1cn2ccc(C(F)(F)F)cc2n1. The second-order valence-electron chi connectivity index (χ2n) is 5.33. The average Bonchev–Trinajstić information content (AvgIpc) is 2.89. The van der Waals surface area contributed by atoms with Gasteiger partial charge in [-0.2, -0.15) is 13.2 Å². The third kappa shape index (κ3) is 2.60. The maximum Gasteiger partial charge on any atom is 0.416 e. The first-order chi connectivity index (χ1) is 10.4. The molecule has 1 fully saturated rings. The minimum atomic E-state index is -4.42. The van der Waals surface area contributed by atoms with Crippen molar-refractivity contribution in [3.63, 3.8) is 0 Å². The molecule has 1 unspecified atom stereocenters. The minimum Gasteiger partial charge on any atom is -0.465 e. The van der Waals surface area contributed by atoms with E-state index in [2.05, 4.69) is 4.98 Å². The molecule has 1 amide bonds. The summed E-state index contributed by atoms with van der Waals surface area (Å²) < 4.78 is 39.7. The van der Waals surface area contributed by atoms with Crippen molar-refractivity contribution >= 4 is 11.7 Å². The molecule has 118 valence electrons. The molecule has 3 heterocycles. The van der Waals surface area contributed by atoms with Crippen molar-refractivity contribution in [1.29, 1.82) is 0 Å². The fourth-order valence-corrected chi connectivity index (χ4v) is 2.81. The van der Waals surface area contributed by atoms with Gasteiger partial charge in [0, 0.05) is 18.9 Å². The topological polar surface area (TPSA) is 57.8 Å². The maximum absolute atomic E-state index is 12.7. The first-order valence-electron chi connectivity index (χ1n) is 6.91. The smallest absolute Gasteiger partial charge is 0.416 e. The lowest BCUT2D eigenvalue weighted by molar-refractivity contribution is -0.137. The Morgan fingerprint density at radius 1 is 1.36 bits per heavy atom. The Morgan fingerprint density at radius 3 is 2.82 bits per heavy atom. The van der Waals surface area contributed by atoms with Crippen LogP contribution < -0.4 is 0 Å². The number of hydrogen-bond acceptors (Lipinski definition) is 2. The maximum atomic E-state index is 12.7. The third-order valence-corrected chi connectivity index (χ3v) is 3.90. The van der Waals surface area contributed by atoms with E-state index < -0.39 is 23.9 Å². The van der Waals surface area contributed by atoms with E-state index in [1.165, 1.54) is 15.5 Å². The number of halogens is 3. The van der Waals surface area contributed by atoms with E-state index in [0.29, 0.717) is 18.7 Å². The van der Waals surface area contributed by atoms with Crippen molar-refractivity contribution in [1.82, 2.24) is 14.3 Å². The van der Waals surface area contributed by atoms with Crippen LogP contribution in [-0.4, -0.2) is 32.0 Å². The molecule has 3 rings (SSSR count). The summed E-state index contributed by atoms with van der Waals surface area (Å²) in [4.78, 5) is 16.8. The highest BCUT2D eigenvalue weighted by atomic mass is 19.4. The predicted octanol–water partition coefficient (Wildman–Crippen LogP) is 3.56. The number of rotatable bonds is 1. The van der Waals surface area contributed by atoms with E-state index in [1.54, 1.807) is 6.20 Å². The highest BCUT2D eigenvalue weighted by Crippen LogP contribution is 2.32. The number of nitrogens with zero attached hydrogens (tertiary/aromatic N) is 3. The normalized spacial score (nSPS) is 19.6. The van der Waals surface area contributed by atoms with E-state index >= 15 is 0 Å². The quantitative estimate of drug-likeness (QED) is 0.876. The van der Waals surface area contributed by atoms with Crippen LogP contribution in [0.3, 0.4) is 0 Å². The Balaban J connectivity index is 1.99. The summed E-state index contributed by atoms with van der Waals surface area (Å²) in [6, 6.07) is 1.55. The molecule has 0 spiro atoms. The third-order valence-electron chi connectivity index (χ3n) is 3.90. The molecule has 22 heavy (non-hydrogen) atoms. The van der Waals surface area contributed by atoms with Crippen LogP contribution in [0.1, 0.15) is 36.6 Å². The zero-order valence-electron chi connectivity index (χ0n) is 11.5. The van der Waals surface area contributed by atoms with Crippen molar-refractivity contribution in [2.24, 2.45) is 0 Å². The number of hydrogen-bond donors (Lipinski definition) is 1. The lowest BCUT2D eigenvalue weighted by Gasteiger charge is -2.32. The van der Waals surface area contributed by atoms with Crippen molar-refractivity contribution < 1.29 is 23.1 Å². The number of alkyl halides is 3. The van der Waals surface area contributed by atoms with Gasteiger partial charge in [0.05, 0.1) is 17.3 Å². The Bertz CT molecular complexity index is 711. The predicted molar refractivity (Wildman–Crippen MR) is 71.5 cm³/mol. The first kappa shape index (κ1) is 14.7. The highest BCUT2D eigenvalue weighted by Gasteiger charge is 2.32. The Morgan fingerprint density at radius 2 is 2.14 bits per heavy atom. The zero-order chi connectivity index (χ0) is 15.9. The summed E-state index contributed by atoms with van der Waals surface area (Å²) in [5.41, 5.74) is -0.113. The molecule has 1 aliphatic rings. The molecular weight excluding hydrogens is 299 g/mol. The second-order valence-corrected chi connectivity index (χ2v) is 5.33. The Kier molecular flexibility index (Phi) is 3.46. The summed E-state index contributed by atoms with van der Waals surface area (Å²) in [6.45, 7) is 0.418. The summed E-state index contributed by atoms with van der Waals surface area (Å²) in [5.74, 6) is 0. The van der Waals surface area contributed by atoms with Crippen LogP contribution in [0.2, 0.25) is 0 Å². The van der Waals surface area contributed by atoms with Gasteiger partial charge in [-0.1, -0.05) is 0 Å². The van der Waals surface area contributed by atoms with Crippen LogP contribution in [-0.2, 0) is 6.18 Å². The number of fused-ring (bicyclic) bond motifs is 1. The van der Waals surface area contributed by atoms with E-state index in [1.807, 2.05) is 0 Å². The summed E-state index contributed by atoms with van der Waals surface area (Å²) >= 11 is 0. The van der Waals surface area contributed by atoms with Gasteiger partial charge in [-0.15, -0.1) is 0 Å². The largest absolute Gasteiger partial charge is 0.465 e. The van der Waals surface area contributed by atoms with Crippen molar-refractivity contribution in [3.8, 4) is 0 Å². The van der Waals surface area contributed by atoms with Gasteiger partial charge in [0.25, 0.3) is 0 Å². The number of likely N-dealkylation sites (tertiary alicyclic amines) is 1. The van der Waals surface area contributed by atoms with Gasteiger partial charge in [-0.05, 0) is 31.4 Å². The molecule has 2 aromatic heterocycles. The van der Waals surface area contributed by atoms with Crippen molar-refractivity contribution in [3.05, 3.63) is 35.8 Å². The molecule has 0 saturated carbocycles. The zero-order valence-corrected chi connectivity index (χ0v) is 11.5. The molecule has 0 radical (unpaired) electrons. The monoisotopic (exact) mass is 313 g/mol. The fourth-order valence-electron chi connectivity index (χ4n) is 2.81. The van der Waals surface area contributed by atoms with Crippen LogP contribution in [0.25, 0.3) is 5.65 Å². The number of carbonyl (C=O) groups is 1.